The Morgan fingerprint density at radius 2 is 1.89 bits per heavy atom. The van der Waals surface area contributed by atoms with E-state index in [2.05, 4.69) is 26.8 Å². The van der Waals surface area contributed by atoms with Crippen molar-refractivity contribution in [3.63, 3.8) is 0 Å². The van der Waals surface area contributed by atoms with Gasteiger partial charge in [0.25, 0.3) is 0 Å². The highest BCUT2D eigenvalue weighted by atomic mass is 79.9. The Balaban J connectivity index is 1.83. The molecule has 2 saturated heterocycles. The zero-order valence-electron chi connectivity index (χ0n) is 15.5. The Morgan fingerprint density at radius 1 is 1.18 bits per heavy atom. The Kier molecular flexibility index (Phi) is 4.95. The van der Waals surface area contributed by atoms with Gasteiger partial charge in [-0.15, -0.1) is 0 Å². The average molecular weight is 448 g/mol. The average Bonchev–Trinajstić information content (AvgIpc) is 3.23. The number of rotatable bonds is 4. The summed E-state index contributed by atoms with van der Waals surface area (Å²) in [4.78, 5) is 14.9. The van der Waals surface area contributed by atoms with Crippen LogP contribution in [0.3, 0.4) is 0 Å². The molecule has 4 N–H and O–H groups in total. The maximum Gasteiger partial charge on any atom is 0.242 e. The Bertz CT molecular complexity index is 922. The molecule has 0 spiro atoms. The number of hydrogen-bond acceptors (Lipinski definition) is 6. The van der Waals surface area contributed by atoms with Gasteiger partial charge in [0.1, 0.15) is 11.8 Å². The van der Waals surface area contributed by atoms with Crippen LogP contribution in [-0.4, -0.2) is 40.7 Å². The number of nitrogens with one attached hydrogen (secondary N) is 2. The van der Waals surface area contributed by atoms with E-state index >= 15 is 0 Å². The second-order valence-corrected chi connectivity index (χ2v) is 7.86. The van der Waals surface area contributed by atoms with E-state index in [1.54, 1.807) is 18.2 Å². The fraction of sp³-hybridized carbons (Fsp3) is 0.350. The lowest BCUT2D eigenvalue weighted by molar-refractivity contribution is -0.130. The lowest BCUT2D eigenvalue weighted by atomic mass is 9.83. The minimum atomic E-state index is -0.409. The van der Waals surface area contributed by atoms with Crippen LogP contribution < -0.4 is 15.6 Å². The van der Waals surface area contributed by atoms with Gasteiger partial charge < -0.3 is 19.8 Å². The number of carbonyl (C=O) groups excluding carboxylic acids is 1. The lowest BCUT2D eigenvalue weighted by Crippen LogP contribution is -2.41. The number of hydrogen-bond donors (Lipinski definition) is 4. The molecule has 0 saturated carbocycles. The number of methoxy groups -OCH3 is 1. The van der Waals surface area contributed by atoms with Crippen molar-refractivity contribution in [3.05, 3.63) is 52.0 Å². The van der Waals surface area contributed by atoms with Gasteiger partial charge in [0, 0.05) is 18.0 Å². The van der Waals surface area contributed by atoms with E-state index in [9.17, 15) is 15.0 Å². The molecule has 148 valence electrons. The molecule has 0 aromatic heterocycles. The van der Waals surface area contributed by atoms with E-state index in [4.69, 9.17) is 4.74 Å². The van der Waals surface area contributed by atoms with Crippen LogP contribution >= 0.6 is 15.9 Å². The zero-order valence-corrected chi connectivity index (χ0v) is 17.1. The summed E-state index contributed by atoms with van der Waals surface area (Å²) in [5.74, 6) is 0.408. The zero-order chi connectivity index (χ0) is 20.0. The van der Waals surface area contributed by atoms with E-state index < -0.39 is 6.04 Å². The summed E-state index contributed by atoms with van der Waals surface area (Å²) in [6, 6.07) is 9.83. The summed E-state index contributed by atoms with van der Waals surface area (Å²) in [7, 11) is 1.49. The first-order valence-electron chi connectivity index (χ1n) is 9.13. The Morgan fingerprint density at radius 3 is 2.57 bits per heavy atom. The molecule has 2 aromatic rings. The summed E-state index contributed by atoms with van der Waals surface area (Å²) >= 11 is 3.38. The molecule has 2 aliphatic rings. The van der Waals surface area contributed by atoms with Crippen LogP contribution in [0.1, 0.15) is 30.1 Å². The van der Waals surface area contributed by atoms with Crippen molar-refractivity contribution in [2.24, 2.45) is 5.92 Å². The molecule has 2 heterocycles. The molecular weight excluding hydrogens is 426 g/mol. The number of carbonyl (C=O) groups is 1. The number of likely N-dealkylation sites (tertiary alicyclic amines) is 1. The third-order valence-corrected chi connectivity index (χ3v) is 6.24. The molecule has 8 heteroatoms. The summed E-state index contributed by atoms with van der Waals surface area (Å²) < 4.78 is 5.82. The standard InChI is InChI=1S/C20H22BrN3O4/c1-3-24-18(10-8-12(21)19(26)14(9-10)28-2)15-16(22-23-17(15)20(24)27)11-6-4-5-7-13(11)25/h4-9,15-18,22-23,25-26H,3H2,1-2H3. The number of amides is 1. The minimum absolute atomic E-state index is 0.00563. The highest BCUT2D eigenvalue weighted by Gasteiger charge is 2.55. The van der Waals surface area contributed by atoms with Crippen molar-refractivity contribution in [1.82, 2.24) is 15.8 Å². The Labute approximate surface area is 171 Å². The highest BCUT2D eigenvalue weighted by Crippen LogP contribution is 2.50. The monoisotopic (exact) mass is 447 g/mol. The fourth-order valence-electron chi connectivity index (χ4n) is 4.39. The van der Waals surface area contributed by atoms with Crippen LogP contribution in [0.15, 0.2) is 40.9 Å². The number of ether oxygens (including phenoxy) is 1. The number of benzene rings is 2. The molecule has 2 aliphatic heterocycles. The van der Waals surface area contributed by atoms with Crippen LogP contribution in [-0.2, 0) is 4.79 Å². The second-order valence-electron chi connectivity index (χ2n) is 7.00. The van der Waals surface area contributed by atoms with Crippen LogP contribution in [0.5, 0.6) is 17.2 Å². The summed E-state index contributed by atoms with van der Waals surface area (Å²) in [5.41, 5.74) is 7.91. The van der Waals surface area contributed by atoms with E-state index in [1.807, 2.05) is 30.0 Å². The molecule has 0 aliphatic carbocycles. The van der Waals surface area contributed by atoms with E-state index in [-0.39, 0.29) is 35.4 Å². The highest BCUT2D eigenvalue weighted by molar-refractivity contribution is 9.10. The lowest BCUT2D eigenvalue weighted by Gasteiger charge is -2.31. The quantitative estimate of drug-likeness (QED) is 0.575. The fourth-order valence-corrected chi connectivity index (χ4v) is 4.85. The number of nitrogens with zero attached hydrogens (tertiary/aromatic N) is 1. The SMILES string of the molecule is CCN1C(=O)C2NNC(c3ccccc3O)C2C1c1cc(Br)c(O)c(OC)c1. The summed E-state index contributed by atoms with van der Waals surface area (Å²) in [6.45, 7) is 2.49. The van der Waals surface area contributed by atoms with Crippen molar-refractivity contribution >= 4 is 21.8 Å². The van der Waals surface area contributed by atoms with E-state index in [0.717, 1.165) is 11.1 Å². The van der Waals surface area contributed by atoms with Crippen LogP contribution in [0.2, 0.25) is 0 Å². The van der Waals surface area contributed by atoms with Crippen LogP contribution in [0.4, 0.5) is 0 Å². The topological polar surface area (TPSA) is 94.1 Å². The second kappa shape index (κ2) is 7.27. The van der Waals surface area contributed by atoms with Gasteiger partial charge >= 0.3 is 0 Å². The van der Waals surface area contributed by atoms with E-state index in [0.29, 0.717) is 16.8 Å². The number of likely N-dealkylation sites (N-methyl/N-ethyl adjacent to an activating group) is 1. The first-order valence-corrected chi connectivity index (χ1v) is 9.93. The van der Waals surface area contributed by atoms with Gasteiger partial charge in [0.2, 0.25) is 5.91 Å². The molecule has 4 unspecified atom stereocenters. The van der Waals surface area contributed by atoms with Gasteiger partial charge in [0.15, 0.2) is 11.5 Å². The summed E-state index contributed by atoms with van der Waals surface area (Å²) in [6.07, 6.45) is 0. The van der Waals surface area contributed by atoms with Crippen molar-refractivity contribution in [2.45, 2.75) is 25.0 Å². The normalized spacial score (nSPS) is 26.5. The number of halogens is 1. The number of fused-ring (bicyclic) bond motifs is 1. The minimum Gasteiger partial charge on any atom is -0.508 e. The molecule has 2 fully saturated rings. The van der Waals surface area contributed by atoms with Gasteiger partial charge in [0.05, 0.1) is 23.7 Å². The van der Waals surface area contributed by atoms with Gasteiger partial charge in [-0.05, 0) is 46.6 Å². The molecule has 7 nitrogen and oxygen atoms in total. The number of hydrazine groups is 1. The van der Waals surface area contributed by atoms with Gasteiger partial charge in [-0.1, -0.05) is 18.2 Å². The van der Waals surface area contributed by atoms with Crippen molar-refractivity contribution in [1.29, 1.82) is 0 Å². The molecule has 0 bridgehead atoms. The molecule has 4 rings (SSSR count). The number of phenols is 2. The van der Waals surface area contributed by atoms with E-state index in [1.165, 1.54) is 7.11 Å². The molecular formula is C20H22BrN3O4. The first kappa shape index (κ1) is 19.0. The maximum atomic E-state index is 13.0. The van der Waals surface area contributed by atoms with Gasteiger partial charge in [-0.25, -0.2) is 10.9 Å². The molecule has 1 amide bonds. The maximum absolute atomic E-state index is 13.0. The smallest absolute Gasteiger partial charge is 0.242 e. The first-order chi connectivity index (χ1) is 13.5. The number of aromatic hydroxyl groups is 2. The third-order valence-electron chi connectivity index (χ3n) is 5.64. The van der Waals surface area contributed by atoms with Crippen LogP contribution in [0.25, 0.3) is 0 Å². The number of para-hydroxylation sites is 1. The number of phenolic OH excluding ortho intramolecular Hbond substituents is 2. The van der Waals surface area contributed by atoms with Gasteiger partial charge in [-0.3, -0.25) is 4.79 Å². The van der Waals surface area contributed by atoms with Crippen LogP contribution in [0, 0.1) is 5.92 Å². The predicted molar refractivity (Wildman–Crippen MR) is 107 cm³/mol. The molecule has 2 aromatic carbocycles. The summed E-state index contributed by atoms with van der Waals surface area (Å²) in [5, 5.41) is 20.6. The van der Waals surface area contributed by atoms with Crippen molar-refractivity contribution < 1.29 is 19.7 Å². The molecule has 28 heavy (non-hydrogen) atoms. The van der Waals surface area contributed by atoms with Crippen molar-refractivity contribution in [3.8, 4) is 17.2 Å². The predicted octanol–water partition coefficient (Wildman–Crippen LogP) is 2.61. The Hall–Kier alpha value is -2.29. The van der Waals surface area contributed by atoms with Gasteiger partial charge in [-0.2, -0.15) is 0 Å². The third kappa shape index (κ3) is 2.83. The molecule has 0 radical (unpaired) electrons. The molecule has 4 atom stereocenters. The van der Waals surface area contributed by atoms with Crippen molar-refractivity contribution in [2.75, 3.05) is 13.7 Å². The largest absolute Gasteiger partial charge is 0.508 e.